The van der Waals surface area contributed by atoms with Crippen LogP contribution in [0.4, 0.5) is 0 Å². The molecule has 0 saturated carbocycles. The number of methoxy groups -OCH3 is 2. The number of aryl methyl sites for hydroxylation is 2. The van der Waals surface area contributed by atoms with Gasteiger partial charge in [0.05, 0.1) is 17.8 Å². The minimum absolute atomic E-state index is 0.0972. The predicted octanol–water partition coefficient (Wildman–Crippen LogP) is 5.97. The van der Waals surface area contributed by atoms with Crippen LogP contribution in [-0.4, -0.2) is 61.9 Å². The zero-order chi connectivity index (χ0) is 30.4. The number of carbonyl (C=O) groups excluding carboxylic acids is 2. The van der Waals surface area contributed by atoms with E-state index in [4.69, 9.17) is 18.9 Å². The Hall–Kier alpha value is -3.23. The lowest BCUT2D eigenvalue weighted by Gasteiger charge is -2.32. The number of carbonyl (C=O) groups is 2. The van der Waals surface area contributed by atoms with Gasteiger partial charge in [0.2, 0.25) is 0 Å². The van der Waals surface area contributed by atoms with E-state index in [1.54, 1.807) is 21.1 Å². The van der Waals surface area contributed by atoms with E-state index in [0.29, 0.717) is 17.0 Å². The molecule has 0 radical (unpaired) electrons. The Morgan fingerprint density at radius 2 is 1.41 bits per heavy atom. The molecule has 1 aromatic heterocycles. The molecule has 8 nitrogen and oxygen atoms in total. The number of esters is 2. The molecule has 1 aliphatic rings. The summed E-state index contributed by atoms with van der Waals surface area (Å²) in [5.74, 6) is -2.10. The van der Waals surface area contributed by atoms with Crippen LogP contribution in [0.5, 0.6) is 0 Å². The first kappa shape index (κ1) is 32.3. The Balaban J connectivity index is 2.08. The summed E-state index contributed by atoms with van der Waals surface area (Å²) >= 11 is 0. The number of ether oxygens (including phenoxy) is 4. The topological polar surface area (TPSA) is 88.4 Å². The number of hydrogen-bond acceptors (Lipinski definition) is 7. The summed E-state index contributed by atoms with van der Waals surface area (Å²) in [6.45, 7) is 15.9. The lowest BCUT2D eigenvalue weighted by atomic mass is 9.75. The molecular formula is C33H46N2O6. The lowest BCUT2D eigenvalue weighted by molar-refractivity contribution is -0.151. The highest BCUT2D eigenvalue weighted by molar-refractivity contribution is 6.07. The van der Waals surface area contributed by atoms with Crippen LogP contribution in [-0.2, 0) is 28.5 Å². The van der Waals surface area contributed by atoms with Gasteiger partial charge in [-0.15, -0.1) is 0 Å². The predicted molar refractivity (Wildman–Crippen MR) is 160 cm³/mol. The van der Waals surface area contributed by atoms with Crippen LogP contribution in [0.3, 0.4) is 0 Å². The zero-order valence-corrected chi connectivity index (χ0v) is 26.2. The highest BCUT2D eigenvalue weighted by Gasteiger charge is 2.43. The third-order valence-electron chi connectivity index (χ3n) is 7.92. The highest BCUT2D eigenvalue weighted by atomic mass is 16.6. The number of benzene rings is 1. The smallest absolute Gasteiger partial charge is 0.336 e. The summed E-state index contributed by atoms with van der Waals surface area (Å²) in [6.07, 6.45) is -0.497. The van der Waals surface area contributed by atoms with Crippen LogP contribution < -0.4 is 0 Å². The van der Waals surface area contributed by atoms with Gasteiger partial charge in [-0.3, -0.25) is 9.79 Å². The van der Waals surface area contributed by atoms with Crippen molar-refractivity contribution in [2.45, 2.75) is 73.5 Å². The van der Waals surface area contributed by atoms with Crippen LogP contribution in [0.1, 0.15) is 64.4 Å². The Bertz CT molecular complexity index is 1270. The number of nitrogens with zero attached hydrogens (tertiary/aromatic N) is 2. The van der Waals surface area contributed by atoms with E-state index in [1.165, 1.54) is 0 Å². The molecule has 4 unspecified atom stereocenters. The van der Waals surface area contributed by atoms with E-state index in [1.807, 2.05) is 72.7 Å². The van der Waals surface area contributed by atoms with Crippen molar-refractivity contribution in [1.82, 2.24) is 4.57 Å². The van der Waals surface area contributed by atoms with Gasteiger partial charge in [-0.1, -0.05) is 39.8 Å². The van der Waals surface area contributed by atoms with Gasteiger partial charge in [-0.25, -0.2) is 4.79 Å². The largest absolute Gasteiger partial charge is 0.462 e. The first-order chi connectivity index (χ1) is 19.4. The second kappa shape index (κ2) is 14.1. The van der Waals surface area contributed by atoms with E-state index in [0.717, 1.165) is 22.6 Å². The van der Waals surface area contributed by atoms with Gasteiger partial charge in [0, 0.05) is 48.6 Å². The first-order valence-electron chi connectivity index (χ1n) is 14.3. The second-order valence-electron chi connectivity index (χ2n) is 11.5. The number of aromatic nitrogens is 1. The van der Waals surface area contributed by atoms with Gasteiger partial charge >= 0.3 is 11.9 Å². The van der Waals surface area contributed by atoms with Crippen molar-refractivity contribution >= 4 is 17.7 Å². The maximum Gasteiger partial charge on any atom is 0.336 e. The SMILES string of the molecule is COC(COC(=O)C1=C(C)N=C(C)C(C(=O)OCC(OC)C(C)C)C1c1cccc(-n2c(C)ccc2C)c1)C(C)C. The molecule has 4 atom stereocenters. The Labute approximate surface area is 244 Å². The Morgan fingerprint density at radius 3 is 1.95 bits per heavy atom. The van der Waals surface area contributed by atoms with Gasteiger partial charge < -0.3 is 23.5 Å². The maximum absolute atomic E-state index is 13.8. The molecule has 224 valence electrons. The maximum atomic E-state index is 13.8. The van der Waals surface area contributed by atoms with Crippen LogP contribution >= 0.6 is 0 Å². The third kappa shape index (κ3) is 7.35. The van der Waals surface area contributed by atoms with Crippen molar-refractivity contribution in [1.29, 1.82) is 0 Å². The monoisotopic (exact) mass is 566 g/mol. The van der Waals surface area contributed by atoms with Crippen LogP contribution in [0, 0.1) is 31.6 Å². The summed E-state index contributed by atoms with van der Waals surface area (Å²) in [5, 5.41) is 0. The van der Waals surface area contributed by atoms with Crippen molar-refractivity contribution < 1.29 is 28.5 Å². The lowest BCUT2D eigenvalue weighted by Crippen LogP contribution is -2.38. The molecule has 1 aliphatic heterocycles. The molecule has 0 N–H and O–H groups in total. The number of aliphatic imine (C=N–C) groups is 1. The molecule has 41 heavy (non-hydrogen) atoms. The normalized spacial score (nSPS) is 18.9. The van der Waals surface area contributed by atoms with Crippen molar-refractivity contribution in [3.8, 4) is 5.69 Å². The molecular weight excluding hydrogens is 520 g/mol. The number of rotatable bonds is 12. The van der Waals surface area contributed by atoms with Crippen LogP contribution in [0.15, 0.2) is 52.7 Å². The van der Waals surface area contributed by atoms with Gasteiger partial charge in [0.15, 0.2) is 0 Å². The van der Waals surface area contributed by atoms with Gasteiger partial charge in [-0.2, -0.15) is 0 Å². The molecule has 2 heterocycles. The molecule has 8 heteroatoms. The van der Waals surface area contributed by atoms with Crippen molar-refractivity contribution in [2.75, 3.05) is 27.4 Å². The molecule has 3 rings (SSSR count). The molecule has 0 amide bonds. The Kier molecular flexibility index (Phi) is 11.1. The summed E-state index contributed by atoms with van der Waals surface area (Å²) in [5.41, 5.74) is 5.37. The molecule has 1 aromatic carbocycles. The number of hydrogen-bond donors (Lipinski definition) is 0. The quantitative estimate of drug-likeness (QED) is 0.294. The molecule has 0 saturated heterocycles. The minimum Gasteiger partial charge on any atom is -0.462 e. The van der Waals surface area contributed by atoms with Crippen molar-refractivity contribution in [3.63, 3.8) is 0 Å². The van der Waals surface area contributed by atoms with E-state index in [2.05, 4.69) is 21.7 Å². The van der Waals surface area contributed by atoms with E-state index >= 15 is 0 Å². The molecule has 0 bridgehead atoms. The fraction of sp³-hybridized carbons (Fsp3) is 0.545. The summed E-state index contributed by atoms with van der Waals surface area (Å²) in [7, 11) is 3.21. The molecule has 2 aromatic rings. The van der Waals surface area contributed by atoms with Gasteiger partial charge in [-0.05, 0) is 69.4 Å². The van der Waals surface area contributed by atoms with Crippen molar-refractivity contribution in [3.05, 3.63) is 64.6 Å². The van der Waals surface area contributed by atoms with Crippen molar-refractivity contribution in [2.24, 2.45) is 22.7 Å². The third-order valence-corrected chi connectivity index (χ3v) is 7.92. The summed E-state index contributed by atoms with van der Waals surface area (Å²) in [6, 6.07) is 12.1. The second-order valence-corrected chi connectivity index (χ2v) is 11.5. The average Bonchev–Trinajstić information content (AvgIpc) is 3.25. The van der Waals surface area contributed by atoms with Gasteiger partial charge in [0.25, 0.3) is 0 Å². The average molecular weight is 567 g/mol. The standard InChI is InChI=1S/C33H46N2O6/c1-19(2)27(38-9)17-40-32(36)29-23(7)34-24(8)30(33(37)41-18-28(39-10)20(3)4)31(29)25-12-11-13-26(16-25)35-21(5)14-15-22(35)6/h11-16,19-20,27-29,31H,17-18H2,1-10H3. The molecule has 0 fully saturated rings. The fourth-order valence-electron chi connectivity index (χ4n) is 5.46. The van der Waals surface area contributed by atoms with E-state index in [-0.39, 0.29) is 37.3 Å². The summed E-state index contributed by atoms with van der Waals surface area (Å²) in [4.78, 5) is 32.2. The highest BCUT2D eigenvalue weighted by Crippen LogP contribution is 2.41. The molecule has 0 spiro atoms. The van der Waals surface area contributed by atoms with E-state index in [9.17, 15) is 9.59 Å². The van der Waals surface area contributed by atoms with Crippen LogP contribution in [0.25, 0.3) is 5.69 Å². The minimum atomic E-state index is -0.809. The Morgan fingerprint density at radius 1 is 0.854 bits per heavy atom. The van der Waals surface area contributed by atoms with E-state index < -0.39 is 23.8 Å². The zero-order valence-electron chi connectivity index (χ0n) is 26.2. The van der Waals surface area contributed by atoms with Gasteiger partial charge in [0.1, 0.15) is 19.1 Å². The van der Waals surface area contributed by atoms with Crippen LogP contribution in [0.2, 0.25) is 0 Å². The first-order valence-corrected chi connectivity index (χ1v) is 14.3. The fourth-order valence-corrected chi connectivity index (χ4v) is 5.46. The summed E-state index contributed by atoms with van der Waals surface area (Å²) < 4.78 is 24.8. The molecule has 0 aliphatic carbocycles. The number of allylic oxidation sites excluding steroid dienone is 1.